The van der Waals surface area contributed by atoms with Crippen LogP contribution in [0.25, 0.3) is 0 Å². The van der Waals surface area contributed by atoms with Gasteiger partial charge >= 0.3 is 5.97 Å². The van der Waals surface area contributed by atoms with Crippen molar-refractivity contribution < 1.29 is 49.0 Å². The summed E-state index contributed by atoms with van der Waals surface area (Å²) in [5.74, 6) is -0.987. The average Bonchev–Trinajstić information content (AvgIpc) is 3.10. The molecule has 4 N–H and O–H groups in total. The van der Waals surface area contributed by atoms with Gasteiger partial charge in [0.2, 0.25) is 0 Å². The first kappa shape index (κ1) is 45.3. The summed E-state index contributed by atoms with van der Waals surface area (Å²) in [6.07, 6.45) is 2.30. The largest absolute Gasteiger partial charge is 0.459 e. The summed E-state index contributed by atoms with van der Waals surface area (Å²) in [5.41, 5.74) is -2.52. The molecule has 0 aromatic rings. The molecule has 296 valence electrons. The van der Waals surface area contributed by atoms with E-state index in [1.54, 1.807) is 34.8 Å². The summed E-state index contributed by atoms with van der Waals surface area (Å²) >= 11 is 0. The normalized spacial score (nSPS) is 41.8. The van der Waals surface area contributed by atoms with Crippen molar-refractivity contribution in [2.45, 2.75) is 180 Å². The van der Waals surface area contributed by atoms with E-state index in [0.29, 0.717) is 25.1 Å². The number of aliphatic hydroxyl groups excluding tert-OH is 3. The first-order chi connectivity index (χ1) is 23.8. The number of hydrogen-bond acceptors (Lipinski definition) is 12. The molecule has 2 saturated heterocycles. The lowest BCUT2D eigenvalue weighted by molar-refractivity contribution is -0.301. The van der Waals surface area contributed by atoms with Crippen molar-refractivity contribution in [3.63, 3.8) is 0 Å². The summed E-state index contributed by atoms with van der Waals surface area (Å²) in [6, 6.07) is -0.306. The third-order valence-corrected chi connectivity index (χ3v) is 11.4. The quantitative estimate of drug-likeness (QED) is 0.129. The SMILES string of the molecule is C#CCCN(C)[C@H]1C[C@@H](C)O[C@@H](O[C@@H]2[C@@H](C)[C@H](O)[C@@H](C)C(=O)O[C@H](CC)[C@@](C)(O)[C@H](O)[C@@H](C)/C(=N/O[C@@H](CC)CCC)[C@H](C)C[C@@]2(C)OC)[C@@H]1O. The van der Waals surface area contributed by atoms with Gasteiger partial charge in [-0.1, -0.05) is 53.1 Å². The second-order valence-electron chi connectivity index (χ2n) is 15.6. The lowest BCUT2D eigenvalue weighted by Crippen LogP contribution is -2.60. The van der Waals surface area contributed by atoms with Crippen LogP contribution >= 0.6 is 0 Å². The van der Waals surface area contributed by atoms with Gasteiger partial charge in [0.05, 0.1) is 41.6 Å². The smallest absolute Gasteiger partial charge is 0.311 e. The van der Waals surface area contributed by atoms with E-state index in [2.05, 4.69) is 18.0 Å². The fourth-order valence-corrected chi connectivity index (χ4v) is 7.89. The Labute approximate surface area is 307 Å². The molecule has 0 saturated carbocycles. The van der Waals surface area contributed by atoms with Crippen LogP contribution in [0, 0.1) is 36.0 Å². The lowest BCUT2D eigenvalue weighted by atomic mass is 9.73. The summed E-state index contributed by atoms with van der Waals surface area (Å²) in [7, 11) is 3.46. The summed E-state index contributed by atoms with van der Waals surface area (Å²) < 4.78 is 25.1. The van der Waals surface area contributed by atoms with E-state index in [4.69, 9.17) is 30.2 Å². The standard InChI is InChI=1S/C39H70N2O10/c1-14-18-20-41(12)29-21-24(6)48-37(33(29)43)50-35-26(8)32(42)27(9)36(45)49-30(17-4)39(11,46)34(44)25(7)31(23(5)22-38(35,10)47-13)40-51-28(16-3)19-15-2/h1,23-30,32-35,37,42-44,46H,15-22H2,2-13H3/b40-31+/t23-,24-,25+,26+,27-,28+,29+,30-,32+,33-,34-,35-,37+,38-,39-/m1/s1. The Bertz CT molecular complexity index is 1150. The van der Waals surface area contributed by atoms with Crippen molar-refractivity contribution in [2.24, 2.45) is 28.8 Å². The first-order valence-electron chi connectivity index (χ1n) is 19.0. The molecule has 0 unspecified atom stereocenters. The Kier molecular flexibility index (Phi) is 17.8. The number of aliphatic hydroxyl groups is 4. The zero-order valence-electron chi connectivity index (χ0n) is 33.4. The number of likely N-dealkylation sites (N-methyl/N-ethyl adjacent to an activating group) is 1. The number of oxime groups is 1. The van der Waals surface area contributed by atoms with Gasteiger partial charge in [0, 0.05) is 43.9 Å². The maximum absolute atomic E-state index is 13.6. The Morgan fingerprint density at radius 2 is 1.73 bits per heavy atom. The van der Waals surface area contributed by atoms with Crippen LogP contribution in [0.4, 0.5) is 0 Å². The predicted molar refractivity (Wildman–Crippen MR) is 197 cm³/mol. The van der Waals surface area contributed by atoms with Crippen LogP contribution in [0.15, 0.2) is 5.16 Å². The van der Waals surface area contributed by atoms with Gasteiger partial charge in [-0.2, -0.15) is 0 Å². The summed E-state index contributed by atoms with van der Waals surface area (Å²) in [6.45, 7) is 18.7. The van der Waals surface area contributed by atoms with E-state index in [9.17, 15) is 25.2 Å². The number of esters is 1. The minimum atomic E-state index is -1.86. The van der Waals surface area contributed by atoms with E-state index in [1.165, 1.54) is 6.92 Å². The highest BCUT2D eigenvalue weighted by Gasteiger charge is 2.51. The van der Waals surface area contributed by atoms with Crippen LogP contribution in [-0.4, -0.2) is 124 Å². The van der Waals surface area contributed by atoms with Gasteiger partial charge in [0.1, 0.15) is 23.9 Å². The van der Waals surface area contributed by atoms with Gasteiger partial charge < -0.3 is 44.2 Å². The molecular weight excluding hydrogens is 656 g/mol. The Morgan fingerprint density at radius 1 is 1.08 bits per heavy atom. The van der Waals surface area contributed by atoms with E-state index in [-0.39, 0.29) is 31.1 Å². The molecule has 2 rings (SSSR count). The van der Waals surface area contributed by atoms with Crippen LogP contribution in [-0.2, 0) is 28.6 Å². The highest BCUT2D eigenvalue weighted by molar-refractivity contribution is 5.88. The van der Waals surface area contributed by atoms with Crippen molar-refractivity contribution >= 4 is 11.7 Å². The lowest BCUT2D eigenvalue weighted by Gasteiger charge is -2.48. The van der Waals surface area contributed by atoms with E-state index in [0.717, 1.165) is 19.3 Å². The molecule has 2 aliphatic rings. The van der Waals surface area contributed by atoms with Crippen LogP contribution < -0.4 is 0 Å². The first-order valence-corrected chi connectivity index (χ1v) is 19.0. The highest BCUT2D eigenvalue weighted by Crippen LogP contribution is 2.39. The third kappa shape index (κ3) is 11.1. The van der Waals surface area contributed by atoms with Gasteiger partial charge in [-0.3, -0.25) is 9.69 Å². The van der Waals surface area contributed by atoms with Gasteiger partial charge in [0.25, 0.3) is 0 Å². The molecule has 12 nitrogen and oxygen atoms in total. The molecule has 0 aliphatic carbocycles. The topological polar surface area (TPSA) is 160 Å². The molecule has 0 bridgehead atoms. The summed E-state index contributed by atoms with van der Waals surface area (Å²) in [4.78, 5) is 21.7. The number of terminal acetylenes is 1. The van der Waals surface area contributed by atoms with Crippen LogP contribution in [0.1, 0.15) is 114 Å². The van der Waals surface area contributed by atoms with E-state index in [1.807, 2.05) is 39.6 Å². The number of hydrogen-bond donors (Lipinski definition) is 4. The van der Waals surface area contributed by atoms with Crippen molar-refractivity contribution in [3.8, 4) is 12.3 Å². The zero-order valence-corrected chi connectivity index (χ0v) is 33.4. The van der Waals surface area contributed by atoms with Gasteiger partial charge in [0.15, 0.2) is 6.29 Å². The molecule has 2 heterocycles. The molecule has 51 heavy (non-hydrogen) atoms. The number of carbonyl (C=O) groups is 1. The maximum Gasteiger partial charge on any atom is 0.311 e. The van der Waals surface area contributed by atoms with Gasteiger partial charge in [-0.05, 0) is 66.8 Å². The van der Waals surface area contributed by atoms with Crippen LogP contribution in [0.5, 0.6) is 0 Å². The molecular formula is C39H70N2O10. The summed E-state index contributed by atoms with van der Waals surface area (Å²) in [5, 5.41) is 51.7. The van der Waals surface area contributed by atoms with Crippen molar-refractivity contribution in [1.82, 2.24) is 4.90 Å². The minimum Gasteiger partial charge on any atom is -0.459 e. The van der Waals surface area contributed by atoms with Crippen LogP contribution in [0.3, 0.4) is 0 Å². The number of carbonyl (C=O) groups excluding carboxylic acids is 1. The molecule has 0 aromatic carbocycles. The van der Waals surface area contributed by atoms with Crippen molar-refractivity contribution in [3.05, 3.63) is 0 Å². The molecule has 2 aliphatic heterocycles. The Hall–Kier alpha value is -1.82. The highest BCUT2D eigenvalue weighted by atomic mass is 16.7. The number of methoxy groups -OCH3 is 1. The van der Waals surface area contributed by atoms with Crippen molar-refractivity contribution in [2.75, 3.05) is 20.7 Å². The minimum absolute atomic E-state index is 0.142. The number of rotatable bonds is 12. The van der Waals surface area contributed by atoms with Crippen molar-refractivity contribution in [1.29, 1.82) is 0 Å². The number of ether oxygens (including phenoxy) is 4. The fraction of sp³-hybridized carbons (Fsp3) is 0.897. The number of cyclic esters (lactones) is 1. The fourth-order valence-electron chi connectivity index (χ4n) is 7.89. The molecule has 15 atom stereocenters. The molecule has 0 amide bonds. The van der Waals surface area contributed by atoms with Gasteiger partial charge in [-0.15, -0.1) is 12.3 Å². The Balaban J connectivity index is 2.73. The molecule has 0 radical (unpaired) electrons. The molecule has 0 aromatic heterocycles. The second-order valence-corrected chi connectivity index (χ2v) is 15.6. The molecule has 12 heteroatoms. The number of nitrogens with zero attached hydrogens (tertiary/aromatic N) is 2. The van der Waals surface area contributed by atoms with Crippen LogP contribution in [0.2, 0.25) is 0 Å². The Morgan fingerprint density at radius 3 is 2.27 bits per heavy atom. The van der Waals surface area contributed by atoms with E-state index < -0.39 is 77.7 Å². The second kappa shape index (κ2) is 20.0. The maximum atomic E-state index is 13.6. The molecule has 2 fully saturated rings. The van der Waals surface area contributed by atoms with Gasteiger partial charge in [-0.25, -0.2) is 0 Å². The third-order valence-electron chi connectivity index (χ3n) is 11.4. The predicted octanol–water partition coefficient (Wildman–Crippen LogP) is 4.29. The monoisotopic (exact) mass is 727 g/mol. The zero-order chi connectivity index (χ0) is 38.8. The van der Waals surface area contributed by atoms with E-state index >= 15 is 0 Å². The average molecular weight is 727 g/mol. The molecule has 0 spiro atoms.